The van der Waals surface area contributed by atoms with Gasteiger partial charge in [-0.3, -0.25) is 4.79 Å². The molecule has 0 saturated carbocycles. The van der Waals surface area contributed by atoms with Crippen molar-refractivity contribution in [3.05, 3.63) is 17.0 Å². The SMILES string of the molecule is C=S(=O)(c1ccc(C)s1)N1CCCC1C(C)=O. The number of nitrogens with zero attached hydrogens (tertiary/aromatic N) is 1. The summed E-state index contributed by atoms with van der Waals surface area (Å²) in [6, 6.07) is 3.59. The van der Waals surface area contributed by atoms with E-state index in [9.17, 15) is 9.00 Å². The molecular formula is C12H17NO2S2. The summed E-state index contributed by atoms with van der Waals surface area (Å²) in [7, 11) is -2.48. The second kappa shape index (κ2) is 4.55. The van der Waals surface area contributed by atoms with Gasteiger partial charge in [0.1, 0.15) is 5.78 Å². The van der Waals surface area contributed by atoms with Crippen molar-refractivity contribution in [2.24, 2.45) is 0 Å². The van der Waals surface area contributed by atoms with E-state index in [2.05, 4.69) is 5.87 Å². The van der Waals surface area contributed by atoms with Gasteiger partial charge in [0, 0.05) is 11.4 Å². The molecule has 17 heavy (non-hydrogen) atoms. The molecule has 0 aromatic carbocycles. The van der Waals surface area contributed by atoms with Gasteiger partial charge in [-0.2, -0.15) is 0 Å². The van der Waals surface area contributed by atoms with E-state index in [0.29, 0.717) is 6.54 Å². The first-order chi connectivity index (χ1) is 7.93. The van der Waals surface area contributed by atoms with Gasteiger partial charge in [-0.1, -0.05) is 0 Å². The molecule has 2 unspecified atom stereocenters. The normalized spacial score (nSPS) is 24.7. The number of hydrogen-bond acceptors (Lipinski definition) is 3. The van der Waals surface area contributed by atoms with E-state index in [1.807, 2.05) is 19.1 Å². The van der Waals surface area contributed by atoms with Gasteiger partial charge in [0.2, 0.25) is 0 Å². The Bertz CT molecular complexity index is 530. The maximum atomic E-state index is 12.8. The molecule has 1 aromatic heterocycles. The van der Waals surface area contributed by atoms with Gasteiger partial charge in [0.15, 0.2) is 0 Å². The smallest absolute Gasteiger partial charge is 0.147 e. The number of hydrogen-bond donors (Lipinski definition) is 0. The monoisotopic (exact) mass is 271 g/mol. The number of carbonyl (C=O) groups excluding carboxylic acids is 1. The first-order valence-electron chi connectivity index (χ1n) is 5.64. The summed E-state index contributed by atoms with van der Waals surface area (Å²) in [5, 5.41) is 0. The summed E-state index contributed by atoms with van der Waals surface area (Å²) in [4.78, 5) is 12.7. The standard InChI is InChI=1S/C12H17NO2S2/c1-9-6-7-12(16-9)17(3,15)13-8-4-5-11(13)10(2)14/h6-7,11H,3-5,8H2,1-2H3. The van der Waals surface area contributed by atoms with E-state index in [4.69, 9.17) is 0 Å². The molecule has 2 rings (SSSR count). The Labute approximate surface area is 107 Å². The second-order valence-corrected chi connectivity index (χ2v) is 8.15. The fraction of sp³-hybridized carbons (Fsp3) is 0.500. The molecule has 1 saturated heterocycles. The van der Waals surface area contributed by atoms with Crippen molar-refractivity contribution in [2.75, 3.05) is 6.54 Å². The highest BCUT2D eigenvalue weighted by Crippen LogP contribution is 2.30. The number of aryl methyl sites for hydroxylation is 1. The van der Waals surface area contributed by atoms with Crippen LogP contribution in [0.3, 0.4) is 0 Å². The first-order valence-corrected chi connectivity index (χ1v) is 8.14. The third-order valence-corrected chi connectivity index (χ3v) is 6.87. The third kappa shape index (κ3) is 2.32. The van der Waals surface area contributed by atoms with Crippen LogP contribution >= 0.6 is 11.3 Å². The molecule has 94 valence electrons. The van der Waals surface area contributed by atoms with Crippen LogP contribution in [-0.4, -0.2) is 32.8 Å². The van der Waals surface area contributed by atoms with E-state index >= 15 is 0 Å². The molecule has 0 N–H and O–H groups in total. The van der Waals surface area contributed by atoms with E-state index in [-0.39, 0.29) is 11.8 Å². The van der Waals surface area contributed by atoms with Crippen LogP contribution in [0.5, 0.6) is 0 Å². The van der Waals surface area contributed by atoms with Crippen molar-refractivity contribution in [1.82, 2.24) is 4.31 Å². The van der Waals surface area contributed by atoms with Crippen molar-refractivity contribution >= 4 is 32.7 Å². The largest absolute Gasteiger partial charge is 0.298 e. The molecule has 1 aliphatic heterocycles. The lowest BCUT2D eigenvalue weighted by molar-refractivity contribution is -0.119. The summed E-state index contributed by atoms with van der Waals surface area (Å²) >= 11 is 1.50. The molecule has 0 radical (unpaired) electrons. The van der Waals surface area contributed by atoms with Crippen molar-refractivity contribution in [2.45, 2.75) is 36.9 Å². The molecule has 0 amide bonds. The van der Waals surface area contributed by atoms with Crippen molar-refractivity contribution in [3.8, 4) is 0 Å². The van der Waals surface area contributed by atoms with Gasteiger partial charge in [-0.05, 0) is 44.7 Å². The Morgan fingerprint density at radius 1 is 1.59 bits per heavy atom. The molecule has 1 fully saturated rings. The number of thiophene rings is 1. The average molecular weight is 271 g/mol. The lowest BCUT2D eigenvalue weighted by atomic mass is 10.2. The van der Waals surface area contributed by atoms with Gasteiger partial charge < -0.3 is 0 Å². The Hall–Kier alpha value is -0.650. The molecule has 0 spiro atoms. The molecule has 0 aliphatic carbocycles. The van der Waals surface area contributed by atoms with Crippen LogP contribution < -0.4 is 0 Å². The Kier molecular flexibility index (Phi) is 3.43. The molecule has 0 bridgehead atoms. The molecule has 5 heteroatoms. The third-order valence-electron chi connectivity index (χ3n) is 3.08. The van der Waals surface area contributed by atoms with Gasteiger partial charge in [0.05, 0.1) is 20.0 Å². The highest BCUT2D eigenvalue weighted by molar-refractivity contribution is 8.00. The highest BCUT2D eigenvalue weighted by atomic mass is 32.2. The second-order valence-electron chi connectivity index (χ2n) is 4.41. The van der Waals surface area contributed by atoms with Crippen LogP contribution in [0.1, 0.15) is 24.6 Å². The number of ketones is 1. The zero-order chi connectivity index (χ0) is 12.6. The summed E-state index contributed by atoms with van der Waals surface area (Å²) in [6.07, 6.45) is 1.72. The van der Waals surface area contributed by atoms with E-state index in [1.165, 1.54) is 11.3 Å². The van der Waals surface area contributed by atoms with Crippen LogP contribution in [0.2, 0.25) is 0 Å². The number of Topliss-reactive ketones (excluding diaryl/α,β-unsaturated/α-hetero) is 1. The van der Waals surface area contributed by atoms with Crippen LogP contribution in [0.25, 0.3) is 0 Å². The summed E-state index contributed by atoms with van der Waals surface area (Å²) < 4.78 is 15.4. The van der Waals surface area contributed by atoms with Crippen LogP contribution in [-0.2, 0) is 14.5 Å². The van der Waals surface area contributed by atoms with Gasteiger partial charge >= 0.3 is 0 Å². The van der Waals surface area contributed by atoms with Crippen molar-refractivity contribution in [3.63, 3.8) is 0 Å². The summed E-state index contributed by atoms with van der Waals surface area (Å²) in [5.41, 5.74) is 0. The van der Waals surface area contributed by atoms with E-state index < -0.39 is 9.71 Å². The van der Waals surface area contributed by atoms with Crippen molar-refractivity contribution < 1.29 is 9.00 Å². The predicted molar refractivity (Wildman–Crippen MR) is 73.0 cm³/mol. The Morgan fingerprint density at radius 2 is 2.29 bits per heavy atom. The molecule has 2 heterocycles. The minimum Gasteiger partial charge on any atom is -0.298 e. The lowest BCUT2D eigenvalue weighted by Crippen LogP contribution is -2.39. The lowest BCUT2D eigenvalue weighted by Gasteiger charge is -2.25. The van der Waals surface area contributed by atoms with Gasteiger partial charge in [-0.15, -0.1) is 11.3 Å². The topological polar surface area (TPSA) is 37.4 Å². The minimum absolute atomic E-state index is 0.0900. The van der Waals surface area contributed by atoms with Gasteiger partial charge in [-0.25, -0.2) is 8.51 Å². The number of rotatable bonds is 3. The molecule has 1 aromatic rings. The Morgan fingerprint density at radius 3 is 2.82 bits per heavy atom. The maximum absolute atomic E-state index is 12.8. The zero-order valence-electron chi connectivity index (χ0n) is 10.1. The summed E-state index contributed by atoms with van der Waals surface area (Å²) in [6.45, 7) is 4.25. The van der Waals surface area contributed by atoms with E-state index in [0.717, 1.165) is 21.9 Å². The predicted octanol–water partition coefficient (Wildman–Crippen LogP) is 2.10. The summed E-state index contributed by atoms with van der Waals surface area (Å²) in [5.74, 6) is 3.97. The fourth-order valence-corrected chi connectivity index (χ4v) is 5.59. The van der Waals surface area contributed by atoms with Crippen molar-refractivity contribution in [1.29, 1.82) is 0 Å². The van der Waals surface area contributed by atoms with Gasteiger partial charge in [0.25, 0.3) is 0 Å². The minimum atomic E-state index is -2.48. The van der Waals surface area contributed by atoms with Crippen LogP contribution in [0.4, 0.5) is 0 Å². The fourth-order valence-electron chi connectivity index (χ4n) is 2.20. The van der Waals surface area contributed by atoms with Crippen LogP contribution in [0.15, 0.2) is 16.3 Å². The molecule has 1 aliphatic rings. The number of carbonyl (C=O) groups is 1. The quantitative estimate of drug-likeness (QED) is 0.790. The first kappa shape index (κ1) is 12.8. The molecular weight excluding hydrogens is 254 g/mol. The Balaban J connectivity index is 2.36. The molecule has 3 nitrogen and oxygen atoms in total. The van der Waals surface area contributed by atoms with Crippen LogP contribution in [0, 0.1) is 6.92 Å². The maximum Gasteiger partial charge on any atom is 0.147 e. The zero-order valence-corrected chi connectivity index (χ0v) is 11.8. The molecule has 2 atom stereocenters. The average Bonchev–Trinajstić information content (AvgIpc) is 2.84. The van der Waals surface area contributed by atoms with E-state index in [1.54, 1.807) is 11.2 Å². The highest BCUT2D eigenvalue weighted by Gasteiger charge is 2.34.